The summed E-state index contributed by atoms with van der Waals surface area (Å²) in [7, 11) is 0. The number of thiazole rings is 1. The van der Waals surface area contributed by atoms with E-state index >= 15 is 0 Å². The summed E-state index contributed by atoms with van der Waals surface area (Å²) < 4.78 is 0. The van der Waals surface area contributed by atoms with Crippen LogP contribution in [0.15, 0.2) is 29.6 Å². The van der Waals surface area contributed by atoms with Gasteiger partial charge in [0.2, 0.25) is 0 Å². The van der Waals surface area contributed by atoms with Crippen molar-refractivity contribution in [3.05, 3.63) is 40.9 Å². The first kappa shape index (κ1) is 14.5. The van der Waals surface area contributed by atoms with E-state index in [0.29, 0.717) is 17.4 Å². The zero-order valence-electron chi connectivity index (χ0n) is 11.8. The Morgan fingerprint density at radius 1 is 1.43 bits per heavy atom. The average Bonchev–Trinajstić information content (AvgIpc) is 3.03. The van der Waals surface area contributed by atoms with E-state index in [1.807, 2.05) is 29.6 Å². The fourth-order valence-corrected chi connectivity index (χ4v) is 3.33. The summed E-state index contributed by atoms with van der Waals surface area (Å²) in [4.78, 5) is 16.5. The molecule has 5 heteroatoms. The topological polar surface area (TPSA) is 42.0 Å². The normalized spacial score (nSPS) is 20.3. The van der Waals surface area contributed by atoms with Crippen molar-refractivity contribution in [2.24, 2.45) is 11.8 Å². The van der Waals surface area contributed by atoms with E-state index in [9.17, 15) is 4.79 Å². The number of hydrogen-bond acceptors (Lipinski definition) is 3. The molecule has 0 aliphatic heterocycles. The summed E-state index contributed by atoms with van der Waals surface area (Å²) >= 11 is 7.33. The third-order valence-electron chi connectivity index (χ3n) is 3.88. The van der Waals surface area contributed by atoms with Crippen LogP contribution in [0.5, 0.6) is 0 Å². The second kappa shape index (κ2) is 6.16. The Balaban J connectivity index is 1.64. The van der Waals surface area contributed by atoms with Crippen LogP contribution in [0.2, 0.25) is 0 Å². The van der Waals surface area contributed by atoms with Gasteiger partial charge in [-0.2, -0.15) is 0 Å². The smallest absolute Gasteiger partial charge is 0.251 e. The van der Waals surface area contributed by atoms with Gasteiger partial charge in [-0.05, 0) is 30.4 Å². The first-order valence-electron chi connectivity index (χ1n) is 7.06. The highest BCUT2D eigenvalue weighted by Gasteiger charge is 2.32. The predicted molar refractivity (Wildman–Crippen MR) is 86.7 cm³/mol. The minimum absolute atomic E-state index is 0.00114. The van der Waals surface area contributed by atoms with Crippen LogP contribution < -0.4 is 5.32 Å². The molecule has 2 unspecified atom stereocenters. The zero-order valence-corrected chi connectivity index (χ0v) is 13.4. The lowest BCUT2D eigenvalue weighted by Gasteiger charge is -2.05. The standard InChI is InChI=1S/C16H17ClN2OS/c1-10-6-13(10)8-18-15(20)11-2-4-12(5-3-11)16-19-14(7-17)9-21-16/h2-5,9-10,13H,6-8H2,1H3,(H,18,20). The van der Waals surface area contributed by atoms with E-state index in [0.717, 1.165) is 28.7 Å². The van der Waals surface area contributed by atoms with Gasteiger partial charge in [0.25, 0.3) is 5.91 Å². The molecule has 3 nitrogen and oxygen atoms in total. The van der Waals surface area contributed by atoms with Crippen molar-refractivity contribution < 1.29 is 4.79 Å². The monoisotopic (exact) mass is 320 g/mol. The van der Waals surface area contributed by atoms with E-state index in [1.54, 1.807) is 11.3 Å². The Bertz CT molecular complexity index is 638. The summed E-state index contributed by atoms with van der Waals surface area (Å²) in [6.45, 7) is 3.00. The number of hydrogen-bond donors (Lipinski definition) is 1. The Kier molecular flexibility index (Phi) is 4.27. The fraction of sp³-hybridized carbons (Fsp3) is 0.375. The summed E-state index contributed by atoms with van der Waals surface area (Å²) in [6.07, 6.45) is 1.23. The predicted octanol–water partition coefficient (Wildman–Crippen LogP) is 3.93. The third kappa shape index (κ3) is 3.44. The molecule has 1 amide bonds. The van der Waals surface area contributed by atoms with Gasteiger partial charge in [0, 0.05) is 23.1 Å². The highest BCUT2D eigenvalue weighted by Crippen LogP contribution is 2.36. The van der Waals surface area contributed by atoms with Crippen molar-refractivity contribution in [1.82, 2.24) is 10.3 Å². The summed E-state index contributed by atoms with van der Waals surface area (Å²) in [5.74, 6) is 1.85. The minimum atomic E-state index is 0.00114. The van der Waals surface area contributed by atoms with Gasteiger partial charge in [0.15, 0.2) is 0 Å². The van der Waals surface area contributed by atoms with E-state index in [2.05, 4.69) is 17.2 Å². The summed E-state index contributed by atoms with van der Waals surface area (Å²) in [5, 5.41) is 5.89. The molecule has 1 aliphatic rings. The number of alkyl halides is 1. The van der Waals surface area contributed by atoms with Crippen LogP contribution in [0, 0.1) is 11.8 Å². The quantitative estimate of drug-likeness (QED) is 0.848. The van der Waals surface area contributed by atoms with Gasteiger partial charge in [0.1, 0.15) is 5.01 Å². The number of carbonyl (C=O) groups is 1. The number of benzene rings is 1. The first-order chi connectivity index (χ1) is 10.2. The summed E-state index contributed by atoms with van der Waals surface area (Å²) in [5.41, 5.74) is 2.60. The molecule has 1 aliphatic carbocycles. The number of amides is 1. The molecular formula is C16H17ClN2OS. The summed E-state index contributed by atoms with van der Waals surface area (Å²) in [6, 6.07) is 7.57. The number of carbonyl (C=O) groups excluding carboxylic acids is 1. The van der Waals surface area contributed by atoms with Crippen LogP contribution >= 0.6 is 22.9 Å². The van der Waals surface area contributed by atoms with Crippen LogP contribution in [0.3, 0.4) is 0 Å². The Morgan fingerprint density at radius 2 is 2.14 bits per heavy atom. The molecular weight excluding hydrogens is 304 g/mol. The van der Waals surface area contributed by atoms with E-state index in [-0.39, 0.29) is 5.91 Å². The van der Waals surface area contributed by atoms with Crippen LogP contribution in [0.4, 0.5) is 0 Å². The molecule has 0 spiro atoms. The van der Waals surface area contributed by atoms with Crippen LogP contribution in [0.25, 0.3) is 10.6 Å². The van der Waals surface area contributed by atoms with Crippen molar-refractivity contribution in [3.8, 4) is 10.6 Å². The van der Waals surface area contributed by atoms with Gasteiger partial charge in [-0.15, -0.1) is 22.9 Å². The minimum Gasteiger partial charge on any atom is -0.352 e. The number of aromatic nitrogens is 1. The molecule has 0 radical (unpaired) electrons. The number of rotatable bonds is 5. The molecule has 1 N–H and O–H groups in total. The van der Waals surface area contributed by atoms with Gasteiger partial charge in [-0.25, -0.2) is 4.98 Å². The van der Waals surface area contributed by atoms with E-state index in [1.165, 1.54) is 6.42 Å². The Labute approximate surface area is 133 Å². The third-order valence-corrected chi connectivity index (χ3v) is 5.10. The Morgan fingerprint density at radius 3 is 2.71 bits per heavy atom. The lowest BCUT2D eigenvalue weighted by molar-refractivity contribution is 0.0951. The highest BCUT2D eigenvalue weighted by atomic mass is 35.5. The second-order valence-electron chi connectivity index (χ2n) is 5.54. The maximum absolute atomic E-state index is 12.0. The number of halogens is 1. The molecule has 0 saturated heterocycles. The second-order valence-corrected chi connectivity index (χ2v) is 6.66. The van der Waals surface area contributed by atoms with Crippen molar-refractivity contribution in [1.29, 1.82) is 0 Å². The van der Waals surface area contributed by atoms with E-state index < -0.39 is 0 Å². The lowest BCUT2D eigenvalue weighted by atomic mass is 10.1. The largest absolute Gasteiger partial charge is 0.352 e. The first-order valence-corrected chi connectivity index (χ1v) is 8.48. The van der Waals surface area contributed by atoms with Crippen molar-refractivity contribution in [3.63, 3.8) is 0 Å². The van der Waals surface area contributed by atoms with Crippen LogP contribution in [-0.4, -0.2) is 17.4 Å². The fourth-order valence-electron chi connectivity index (χ4n) is 2.27. The van der Waals surface area contributed by atoms with Crippen molar-refractivity contribution in [2.45, 2.75) is 19.2 Å². The maximum Gasteiger partial charge on any atom is 0.251 e. The molecule has 2 aromatic rings. The molecule has 1 aromatic carbocycles. The van der Waals surface area contributed by atoms with Crippen LogP contribution in [0.1, 0.15) is 29.4 Å². The molecule has 1 heterocycles. The molecule has 2 atom stereocenters. The Hall–Kier alpha value is -1.39. The van der Waals surface area contributed by atoms with E-state index in [4.69, 9.17) is 11.6 Å². The zero-order chi connectivity index (χ0) is 14.8. The molecule has 1 saturated carbocycles. The molecule has 3 rings (SSSR count). The lowest BCUT2D eigenvalue weighted by Crippen LogP contribution is -2.25. The van der Waals surface area contributed by atoms with Crippen molar-refractivity contribution >= 4 is 28.8 Å². The van der Waals surface area contributed by atoms with Gasteiger partial charge >= 0.3 is 0 Å². The number of nitrogens with one attached hydrogen (secondary N) is 1. The van der Waals surface area contributed by atoms with Gasteiger partial charge in [-0.1, -0.05) is 19.1 Å². The average molecular weight is 321 g/mol. The molecule has 1 aromatic heterocycles. The molecule has 110 valence electrons. The van der Waals surface area contributed by atoms with Gasteiger partial charge < -0.3 is 5.32 Å². The van der Waals surface area contributed by atoms with Gasteiger partial charge in [0.05, 0.1) is 11.6 Å². The van der Waals surface area contributed by atoms with Crippen LogP contribution in [-0.2, 0) is 5.88 Å². The molecule has 21 heavy (non-hydrogen) atoms. The maximum atomic E-state index is 12.0. The number of nitrogens with zero attached hydrogens (tertiary/aromatic N) is 1. The van der Waals surface area contributed by atoms with Crippen molar-refractivity contribution in [2.75, 3.05) is 6.54 Å². The molecule has 1 fully saturated rings. The molecule has 0 bridgehead atoms. The van der Waals surface area contributed by atoms with Gasteiger partial charge in [-0.3, -0.25) is 4.79 Å². The highest BCUT2D eigenvalue weighted by molar-refractivity contribution is 7.13. The SMILES string of the molecule is CC1CC1CNC(=O)c1ccc(-c2nc(CCl)cs2)cc1.